The summed E-state index contributed by atoms with van der Waals surface area (Å²) in [5.41, 5.74) is 1.04. The molecule has 1 heterocycles. The second kappa shape index (κ2) is 5.38. The molecular formula is C13H23NO3Si. The molecule has 0 fully saturated rings. The van der Waals surface area contributed by atoms with Gasteiger partial charge in [0.1, 0.15) is 11.4 Å². The molecule has 4 nitrogen and oxygen atoms in total. The van der Waals surface area contributed by atoms with Crippen LogP contribution in [-0.2, 0) is 13.2 Å². The molecule has 0 saturated carbocycles. The molecule has 0 aliphatic rings. The largest absolute Gasteiger partial charge is 0.542 e. The minimum atomic E-state index is -1.93. The predicted octanol–water partition coefficient (Wildman–Crippen LogP) is 2.45. The first-order chi connectivity index (χ1) is 8.21. The van der Waals surface area contributed by atoms with E-state index in [1.165, 1.54) is 0 Å². The van der Waals surface area contributed by atoms with Crippen LogP contribution in [0.3, 0.4) is 0 Å². The maximum Gasteiger partial charge on any atom is 0.250 e. The monoisotopic (exact) mass is 269 g/mol. The Kier molecular flexibility index (Phi) is 4.53. The molecule has 0 aliphatic carbocycles. The summed E-state index contributed by atoms with van der Waals surface area (Å²) in [5, 5.41) is 18.5. The van der Waals surface area contributed by atoms with E-state index in [0.717, 1.165) is 0 Å². The van der Waals surface area contributed by atoms with E-state index in [9.17, 15) is 5.11 Å². The van der Waals surface area contributed by atoms with Crippen LogP contribution in [0, 0.1) is 0 Å². The molecule has 1 aromatic heterocycles. The smallest absolute Gasteiger partial charge is 0.250 e. The van der Waals surface area contributed by atoms with Crippen molar-refractivity contribution >= 4 is 8.32 Å². The molecule has 0 atom stereocenters. The van der Waals surface area contributed by atoms with Gasteiger partial charge in [-0.3, -0.25) is 0 Å². The molecule has 102 valence electrons. The molecule has 2 N–H and O–H groups in total. The lowest BCUT2D eigenvalue weighted by molar-refractivity contribution is 0.262. The van der Waals surface area contributed by atoms with Crippen LogP contribution >= 0.6 is 0 Å². The zero-order valence-corrected chi connectivity index (χ0v) is 12.8. The fraction of sp³-hybridized carbons (Fsp3) is 0.615. The number of aliphatic hydroxyl groups is 2. The van der Waals surface area contributed by atoms with Crippen molar-refractivity contribution in [3.63, 3.8) is 0 Å². The molecule has 18 heavy (non-hydrogen) atoms. The van der Waals surface area contributed by atoms with Gasteiger partial charge < -0.3 is 14.6 Å². The van der Waals surface area contributed by atoms with E-state index in [1.807, 2.05) is 0 Å². The summed E-state index contributed by atoms with van der Waals surface area (Å²) in [7, 11) is -1.93. The summed E-state index contributed by atoms with van der Waals surface area (Å²) in [6.45, 7) is 10.5. The minimum Gasteiger partial charge on any atom is -0.542 e. The standard InChI is InChI=1S/C13H23NO3Si/c1-13(2,3)18(4,5)17-12-7-6-10(8-15)14-11(12)9-16/h6-7,15-16H,8-9H2,1-5H3. The maximum atomic E-state index is 9.33. The first-order valence-corrected chi connectivity index (χ1v) is 9.01. The maximum absolute atomic E-state index is 9.33. The molecule has 0 aliphatic heterocycles. The van der Waals surface area contributed by atoms with Crippen LogP contribution in [0.1, 0.15) is 32.2 Å². The molecule has 0 bridgehead atoms. The Morgan fingerprint density at radius 3 is 2.22 bits per heavy atom. The van der Waals surface area contributed by atoms with Crippen molar-refractivity contribution in [1.29, 1.82) is 0 Å². The molecular weight excluding hydrogens is 246 g/mol. The van der Waals surface area contributed by atoms with Gasteiger partial charge >= 0.3 is 0 Å². The van der Waals surface area contributed by atoms with Crippen LogP contribution in [0.2, 0.25) is 18.1 Å². The van der Waals surface area contributed by atoms with Gasteiger partial charge in [0.25, 0.3) is 8.32 Å². The van der Waals surface area contributed by atoms with E-state index < -0.39 is 8.32 Å². The number of rotatable bonds is 4. The molecule has 0 unspecified atom stereocenters. The summed E-state index contributed by atoms with van der Waals surface area (Å²) in [6.07, 6.45) is 0. The first-order valence-electron chi connectivity index (χ1n) is 6.11. The second-order valence-electron chi connectivity index (χ2n) is 5.93. The highest BCUT2D eigenvalue weighted by Crippen LogP contribution is 2.37. The quantitative estimate of drug-likeness (QED) is 0.824. The normalized spacial score (nSPS) is 12.6. The molecule has 5 heteroatoms. The van der Waals surface area contributed by atoms with Crippen molar-refractivity contribution < 1.29 is 14.6 Å². The van der Waals surface area contributed by atoms with E-state index in [0.29, 0.717) is 17.1 Å². The molecule has 0 aromatic carbocycles. The minimum absolute atomic E-state index is 0.0926. The molecule has 0 radical (unpaired) electrons. The van der Waals surface area contributed by atoms with Crippen LogP contribution in [0.25, 0.3) is 0 Å². The van der Waals surface area contributed by atoms with E-state index >= 15 is 0 Å². The van der Waals surface area contributed by atoms with Gasteiger partial charge in [-0.1, -0.05) is 20.8 Å². The van der Waals surface area contributed by atoms with Gasteiger partial charge in [-0.2, -0.15) is 0 Å². The fourth-order valence-electron chi connectivity index (χ4n) is 1.26. The van der Waals surface area contributed by atoms with Crippen molar-refractivity contribution in [1.82, 2.24) is 4.98 Å². The first kappa shape index (κ1) is 15.1. The summed E-state index contributed by atoms with van der Waals surface area (Å²) >= 11 is 0. The number of aliphatic hydroxyl groups excluding tert-OH is 2. The lowest BCUT2D eigenvalue weighted by atomic mass is 10.2. The van der Waals surface area contributed by atoms with E-state index in [-0.39, 0.29) is 18.3 Å². The third-order valence-electron chi connectivity index (χ3n) is 3.47. The van der Waals surface area contributed by atoms with Gasteiger partial charge in [-0.25, -0.2) is 4.98 Å². The zero-order chi connectivity index (χ0) is 14.0. The highest BCUT2D eigenvalue weighted by Gasteiger charge is 2.39. The van der Waals surface area contributed by atoms with Gasteiger partial charge in [0.2, 0.25) is 0 Å². The zero-order valence-electron chi connectivity index (χ0n) is 11.8. The molecule has 0 amide bonds. The Morgan fingerprint density at radius 2 is 1.78 bits per heavy atom. The fourth-order valence-corrected chi connectivity index (χ4v) is 2.30. The van der Waals surface area contributed by atoms with Crippen LogP contribution < -0.4 is 4.43 Å². The highest BCUT2D eigenvalue weighted by atomic mass is 28.4. The van der Waals surface area contributed by atoms with E-state index in [4.69, 9.17) is 9.53 Å². The van der Waals surface area contributed by atoms with Gasteiger partial charge in [0.05, 0.1) is 18.9 Å². The summed E-state index contributed by atoms with van der Waals surface area (Å²) in [4.78, 5) is 4.17. The Hall–Kier alpha value is -0.913. The number of hydrogen-bond acceptors (Lipinski definition) is 4. The third-order valence-corrected chi connectivity index (χ3v) is 7.82. The van der Waals surface area contributed by atoms with Crippen molar-refractivity contribution in [2.45, 2.75) is 52.1 Å². The van der Waals surface area contributed by atoms with Gasteiger partial charge in [-0.05, 0) is 30.3 Å². The average Bonchev–Trinajstić information content (AvgIpc) is 2.27. The van der Waals surface area contributed by atoms with Gasteiger partial charge in [0.15, 0.2) is 0 Å². The molecule has 0 saturated heterocycles. The van der Waals surface area contributed by atoms with Crippen LogP contribution in [0.5, 0.6) is 5.75 Å². The Morgan fingerprint density at radius 1 is 1.17 bits per heavy atom. The van der Waals surface area contributed by atoms with Crippen molar-refractivity contribution in [3.05, 3.63) is 23.5 Å². The number of hydrogen-bond donors (Lipinski definition) is 2. The topological polar surface area (TPSA) is 62.6 Å². The Balaban J connectivity index is 3.04. The summed E-state index contributed by atoms with van der Waals surface area (Å²) in [5.74, 6) is 0.626. The van der Waals surface area contributed by atoms with Crippen molar-refractivity contribution in [2.75, 3.05) is 0 Å². The number of aromatic nitrogens is 1. The number of pyridine rings is 1. The highest BCUT2D eigenvalue weighted by molar-refractivity contribution is 6.74. The molecule has 0 spiro atoms. The van der Waals surface area contributed by atoms with Crippen LogP contribution in [-0.4, -0.2) is 23.5 Å². The van der Waals surface area contributed by atoms with E-state index in [2.05, 4.69) is 38.8 Å². The molecule has 1 aromatic rings. The number of nitrogens with zero attached hydrogens (tertiary/aromatic N) is 1. The average molecular weight is 269 g/mol. The van der Waals surface area contributed by atoms with Crippen LogP contribution in [0.4, 0.5) is 0 Å². The Bertz CT molecular complexity index is 413. The van der Waals surface area contributed by atoms with Gasteiger partial charge in [-0.15, -0.1) is 0 Å². The lowest BCUT2D eigenvalue weighted by Crippen LogP contribution is -2.44. The third kappa shape index (κ3) is 3.31. The predicted molar refractivity (Wildman–Crippen MR) is 73.9 cm³/mol. The van der Waals surface area contributed by atoms with E-state index in [1.54, 1.807) is 12.1 Å². The summed E-state index contributed by atoms with van der Waals surface area (Å²) in [6, 6.07) is 3.51. The van der Waals surface area contributed by atoms with Crippen molar-refractivity contribution in [2.24, 2.45) is 0 Å². The van der Waals surface area contributed by atoms with Gasteiger partial charge in [0, 0.05) is 0 Å². The van der Waals surface area contributed by atoms with Crippen LogP contribution in [0.15, 0.2) is 12.1 Å². The lowest BCUT2D eigenvalue weighted by Gasteiger charge is -2.36. The summed E-state index contributed by atoms with van der Waals surface area (Å²) < 4.78 is 6.12. The second-order valence-corrected chi connectivity index (χ2v) is 10.7. The Labute approximate surface area is 110 Å². The van der Waals surface area contributed by atoms with Crippen molar-refractivity contribution in [3.8, 4) is 5.75 Å². The molecule has 1 rings (SSSR count). The SMILES string of the molecule is CC(C)(C)[Si](C)(C)Oc1ccc(CO)nc1CO.